The number of carbonyl (C=O) groups is 2. The highest BCUT2D eigenvalue weighted by atomic mass is 16.5. The summed E-state index contributed by atoms with van der Waals surface area (Å²) in [6.45, 7) is 1.21. The van der Waals surface area contributed by atoms with Gasteiger partial charge in [0.05, 0.1) is 17.9 Å². The molecule has 5 nitrogen and oxygen atoms in total. The average molecular weight is 398 g/mol. The van der Waals surface area contributed by atoms with Crippen molar-refractivity contribution in [3.05, 3.63) is 35.9 Å². The van der Waals surface area contributed by atoms with E-state index < -0.39 is 10.8 Å². The van der Waals surface area contributed by atoms with Crippen LogP contribution in [-0.2, 0) is 24.5 Å². The maximum absolute atomic E-state index is 13.9. The first kappa shape index (κ1) is 19.1. The Morgan fingerprint density at radius 2 is 1.69 bits per heavy atom. The van der Waals surface area contributed by atoms with Crippen molar-refractivity contribution in [2.45, 2.75) is 62.3 Å². The van der Waals surface area contributed by atoms with Gasteiger partial charge in [0.25, 0.3) is 0 Å². The van der Waals surface area contributed by atoms with Gasteiger partial charge in [0.15, 0.2) is 0 Å². The molecule has 0 spiro atoms. The minimum atomic E-state index is -0.540. The van der Waals surface area contributed by atoms with Crippen molar-refractivity contribution in [3.63, 3.8) is 0 Å². The summed E-state index contributed by atoms with van der Waals surface area (Å²) < 4.78 is 10.8. The first-order chi connectivity index (χ1) is 14.0. The van der Waals surface area contributed by atoms with E-state index in [1.54, 1.807) is 0 Å². The largest absolute Gasteiger partial charge is 0.469 e. The Labute approximate surface area is 172 Å². The fourth-order valence-electron chi connectivity index (χ4n) is 7.35. The minimum absolute atomic E-state index is 0.0749. The van der Waals surface area contributed by atoms with Crippen molar-refractivity contribution in [3.8, 4) is 0 Å². The summed E-state index contributed by atoms with van der Waals surface area (Å²) in [6, 6.07) is 10.2. The molecule has 5 aliphatic rings. The van der Waals surface area contributed by atoms with Gasteiger partial charge in [0, 0.05) is 18.8 Å². The van der Waals surface area contributed by atoms with Gasteiger partial charge in [-0.25, -0.2) is 0 Å². The van der Waals surface area contributed by atoms with Crippen molar-refractivity contribution >= 4 is 11.9 Å². The zero-order valence-corrected chi connectivity index (χ0v) is 17.2. The first-order valence-electron chi connectivity index (χ1n) is 11.0. The molecule has 5 fully saturated rings. The molecule has 1 aromatic rings. The fraction of sp³-hybridized carbons (Fsp3) is 0.667. The van der Waals surface area contributed by atoms with Crippen LogP contribution >= 0.6 is 0 Å². The van der Waals surface area contributed by atoms with Gasteiger partial charge in [0.2, 0.25) is 5.91 Å². The van der Waals surface area contributed by atoms with E-state index in [2.05, 4.69) is 17.4 Å². The Kier molecular flexibility index (Phi) is 4.50. The number of benzene rings is 1. The van der Waals surface area contributed by atoms with Crippen LogP contribution in [0.25, 0.3) is 0 Å². The van der Waals surface area contributed by atoms with E-state index in [4.69, 9.17) is 9.47 Å². The number of ether oxygens (including phenoxy) is 2. The van der Waals surface area contributed by atoms with Crippen LogP contribution < -0.4 is 5.32 Å². The van der Waals surface area contributed by atoms with E-state index in [-0.39, 0.29) is 17.4 Å². The van der Waals surface area contributed by atoms with E-state index >= 15 is 0 Å². The highest BCUT2D eigenvalue weighted by Crippen LogP contribution is 2.62. The molecule has 1 saturated heterocycles. The summed E-state index contributed by atoms with van der Waals surface area (Å²) in [4.78, 5) is 26.6. The molecule has 0 aromatic heterocycles. The van der Waals surface area contributed by atoms with Gasteiger partial charge < -0.3 is 14.8 Å². The lowest BCUT2D eigenvalue weighted by atomic mass is 9.46. The highest BCUT2D eigenvalue weighted by molar-refractivity contribution is 5.89. The molecule has 0 radical (unpaired) electrons. The standard InChI is InChI=1S/C24H31NO4/c1-28-21(27)22-12-17-11-18(13-22)15-23(14-17,16-22)25-20(26)24(7-9-29-10-8-24)19-5-3-2-4-6-19/h2-6,17-18H,7-16H2,1H3,(H,25,26)/t17-,18+,22?,23?. The smallest absolute Gasteiger partial charge is 0.311 e. The van der Waals surface area contributed by atoms with Crippen LogP contribution in [0, 0.1) is 17.3 Å². The molecule has 1 aliphatic heterocycles. The predicted molar refractivity (Wildman–Crippen MR) is 108 cm³/mol. The normalized spacial score (nSPS) is 37.1. The van der Waals surface area contributed by atoms with E-state index in [1.807, 2.05) is 18.2 Å². The molecular weight excluding hydrogens is 366 g/mol. The van der Waals surface area contributed by atoms with Crippen LogP contribution in [0.15, 0.2) is 30.3 Å². The van der Waals surface area contributed by atoms with Crippen LogP contribution in [-0.4, -0.2) is 37.7 Å². The molecule has 5 heteroatoms. The van der Waals surface area contributed by atoms with Crippen molar-refractivity contribution in [1.82, 2.24) is 5.32 Å². The van der Waals surface area contributed by atoms with Crippen LogP contribution in [0.5, 0.6) is 0 Å². The average Bonchev–Trinajstić information content (AvgIpc) is 2.73. The quantitative estimate of drug-likeness (QED) is 0.792. The van der Waals surface area contributed by atoms with Gasteiger partial charge >= 0.3 is 5.97 Å². The zero-order valence-electron chi connectivity index (χ0n) is 17.2. The second-order valence-corrected chi connectivity index (χ2v) is 10.0. The molecule has 6 rings (SSSR count). The molecule has 4 atom stereocenters. The first-order valence-corrected chi connectivity index (χ1v) is 11.0. The molecule has 2 unspecified atom stereocenters. The number of hydrogen-bond donors (Lipinski definition) is 1. The van der Waals surface area contributed by atoms with Gasteiger partial charge in [-0.05, 0) is 68.8 Å². The molecule has 4 bridgehead atoms. The Morgan fingerprint density at radius 3 is 2.31 bits per heavy atom. The van der Waals surface area contributed by atoms with E-state index in [0.29, 0.717) is 37.9 Å². The lowest BCUT2D eigenvalue weighted by Gasteiger charge is -2.61. The van der Waals surface area contributed by atoms with Gasteiger partial charge in [-0.15, -0.1) is 0 Å². The zero-order chi connectivity index (χ0) is 20.1. The summed E-state index contributed by atoms with van der Waals surface area (Å²) in [7, 11) is 1.50. The summed E-state index contributed by atoms with van der Waals surface area (Å²) in [5, 5.41) is 3.54. The number of amides is 1. The Morgan fingerprint density at radius 1 is 1.03 bits per heavy atom. The third kappa shape index (κ3) is 3.00. The van der Waals surface area contributed by atoms with Crippen molar-refractivity contribution in [1.29, 1.82) is 0 Å². The van der Waals surface area contributed by atoms with Gasteiger partial charge in [-0.1, -0.05) is 30.3 Å². The minimum Gasteiger partial charge on any atom is -0.469 e. The fourth-order valence-corrected chi connectivity index (χ4v) is 7.35. The Bertz CT molecular complexity index is 784. The third-order valence-electron chi connectivity index (χ3n) is 8.17. The van der Waals surface area contributed by atoms with E-state index in [1.165, 1.54) is 13.5 Å². The molecular formula is C24H31NO4. The molecule has 4 aliphatic carbocycles. The molecule has 1 aromatic carbocycles. The maximum atomic E-state index is 13.9. The number of methoxy groups -OCH3 is 1. The van der Waals surface area contributed by atoms with Gasteiger partial charge in [-0.3, -0.25) is 9.59 Å². The van der Waals surface area contributed by atoms with E-state index in [9.17, 15) is 9.59 Å². The lowest BCUT2D eigenvalue weighted by Crippen LogP contribution is -2.67. The molecule has 1 amide bonds. The lowest BCUT2D eigenvalue weighted by molar-refractivity contribution is -0.173. The van der Waals surface area contributed by atoms with E-state index in [0.717, 1.165) is 37.7 Å². The predicted octanol–water partition coefficient (Wildman–Crippen LogP) is 3.36. The number of hydrogen-bond acceptors (Lipinski definition) is 4. The van der Waals surface area contributed by atoms with Gasteiger partial charge in [0.1, 0.15) is 0 Å². The molecule has 4 saturated carbocycles. The highest BCUT2D eigenvalue weighted by Gasteiger charge is 2.62. The van der Waals surface area contributed by atoms with Crippen LogP contribution in [0.1, 0.15) is 56.9 Å². The Balaban J connectivity index is 1.46. The topological polar surface area (TPSA) is 64.6 Å². The number of nitrogens with one attached hydrogen (secondary N) is 1. The second kappa shape index (κ2) is 6.83. The van der Waals surface area contributed by atoms with Crippen LogP contribution in [0.4, 0.5) is 0 Å². The molecule has 156 valence electrons. The number of rotatable bonds is 4. The number of carbonyl (C=O) groups excluding carboxylic acids is 2. The molecule has 1 heterocycles. The van der Waals surface area contributed by atoms with Crippen molar-refractivity contribution < 1.29 is 19.1 Å². The van der Waals surface area contributed by atoms with Crippen LogP contribution in [0.3, 0.4) is 0 Å². The SMILES string of the molecule is COC(=O)C12C[C@@H]3C[C@@H](CC(NC(=O)C4(c5ccccc5)CCOCC4)(C3)C1)C2. The van der Waals surface area contributed by atoms with Crippen LogP contribution in [0.2, 0.25) is 0 Å². The number of esters is 1. The summed E-state index contributed by atoms with van der Waals surface area (Å²) in [6.07, 6.45) is 7.16. The molecule has 29 heavy (non-hydrogen) atoms. The van der Waals surface area contributed by atoms with Crippen molar-refractivity contribution in [2.24, 2.45) is 17.3 Å². The monoisotopic (exact) mass is 397 g/mol. The third-order valence-corrected chi connectivity index (χ3v) is 8.17. The second-order valence-electron chi connectivity index (χ2n) is 10.0. The maximum Gasteiger partial charge on any atom is 0.311 e. The molecule has 1 N–H and O–H groups in total. The summed E-state index contributed by atoms with van der Waals surface area (Å²) >= 11 is 0. The summed E-state index contributed by atoms with van der Waals surface area (Å²) in [5.74, 6) is 1.07. The van der Waals surface area contributed by atoms with Gasteiger partial charge in [-0.2, -0.15) is 0 Å². The van der Waals surface area contributed by atoms with Crippen molar-refractivity contribution in [2.75, 3.05) is 20.3 Å². The Hall–Kier alpha value is -1.88. The summed E-state index contributed by atoms with van der Waals surface area (Å²) in [5.41, 5.74) is -0.133.